The van der Waals surface area contributed by atoms with E-state index in [9.17, 15) is 4.79 Å². The van der Waals surface area contributed by atoms with Crippen LogP contribution in [0.25, 0.3) is 0 Å². The van der Waals surface area contributed by atoms with Crippen LogP contribution in [0.1, 0.15) is 45.3 Å². The lowest BCUT2D eigenvalue weighted by atomic mass is 10.1. The minimum Gasteiger partial charge on any atom is -0.478 e. The molecule has 1 heterocycles. The van der Waals surface area contributed by atoms with Crippen molar-refractivity contribution < 1.29 is 9.90 Å². The van der Waals surface area contributed by atoms with Crippen molar-refractivity contribution in [2.75, 3.05) is 0 Å². The van der Waals surface area contributed by atoms with Gasteiger partial charge in [0, 0.05) is 11.4 Å². The molecule has 0 bridgehead atoms. The third-order valence-corrected chi connectivity index (χ3v) is 4.90. The number of aromatic nitrogens is 1. The highest BCUT2D eigenvalue weighted by Crippen LogP contribution is 2.27. The molecule has 0 saturated carbocycles. The van der Waals surface area contributed by atoms with E-state index in [2.05, 4.69) is 31.1 Å². The SMILES string of the molecule is Cc1nc(C(C)(C)NCc2ccc(C(=O)O)cc2)sc1C. The van der Waals surface area contributed by atoms with Gasteiger partial charge in [0.05, 0.1) is 16.8 Å². The van der Waals surface area contributed by atoms with E-state index in [-0.39, 0.29) is 5.54 Å². The zero-order chi connectivity index (χ0) is 15.6. The van der Waals surface area contributed by atoms with E-state index in [0.29, 0.717) is 12.1 Å². The average molecular weight is 304 g/mol. The Labute approximate surface area is 128 Å². The topological polar surface area (TPSA) is 62.2 Å². The van der Waals surface area contributed by atoms with Crippen LogP contribution in [0.3, 0.4) is 0 Å². The highest BCUT2D eigenvalue weighted by Gasteiger charge is 2.24. The van der Waals surface area contributed by atoms with Crippen molar-refractivity contribution in [2.45, 2.75) is 39.8 Å². The van der Waals surface area contributed by atoms with Crippen molar-refractivity contribution in [3.8, 4) is 0 Å². The summed E-state index contributed by atoms with van der Waals surface area (Å²) in [7, 11) is 0. The Kier molecular flexibility index (Phi) is 4.44. The zero-order valence-electron chi connectivity index (χ0n) is 12.7. The fourth-order valence-corrected chi connectivity index (χ4v) is 2.90. The summed E-state index contributed by atoms with van der Waals surface area (Å²) in [6.45, 7) is 8.99. The van der Waals surface area contributed by atoms with Crippen molar-refractivity contribution in [1.29, 1.82) is 0 Å². The minimum absolute atomic E-state index is 0.213. The van der Waals surface area contributed by atoms with Crippen molar-refractivity contribution in [3.05, 3.63) is 51.0 Å². The first-order chi connectivity index (χ1) is 9.79. The van der Waals surface area contributed by atoms with Crippen LogP contribution in [-0.4, -0.2) is 16.1 Å². The maximum atomic E-state index is 10.8. The maximum Gasteiger partial charge on any atom is 0.335 e. The largest absolute Gasteiger partial charge is 0.478 e. The van der Waals surface area contributed by atoms with Crippen LogP contribution in [-0.2, 0) is 12.1 Å². The summed E-state index contributed by atoms with van der Waals surface area (Å²) in [5.41, 5.74) is 2.23. The standard InChI is InChI=1S/C16H20N2O2S/c1-10-11(2)21-15(18-10)16(3,4)17-9-12-5-7-13(8-6-12)14(19)20/h5-8,17H,9H2,1-4H3,(H,19,20). The van der Waals surface area contributed by atoms with Gasteiger partial charge < -0.3 is 10.4 Å². The van der Waals surface area contributed by atoms with Gasteiger partial charge in [-0.15, -0.1) is 11.3 Å². The van der Waals surface area contributed by atoms with Gasteiger partial charge in [-0.25, -0.2) is 9.78 Å². The smallest absolute Gasteiger partial charge is 0.335 e. The van der Waals surface area contributed by atoms with Gasteiger partial charge in [-0.1, -0.05) is 12.1 Å². The lowest BCUT2D eigenvalue weighted by molar-refractivity contribution is 0.0697. The highest BCUT2D eigenvalue weighted by molar-refractivity contribution is 7.11. The van der Waals surface area contributed by atoms with E-state index in [1.807, 2.05) is 19.1 Å². The minimum atomic E-state index is -0.899. The number of rotatable bonds is 5. The van der Waals surface area contributed by atoms with Crippen molar-refractivity contribution >= 4 is 17.3 Å². The molecule has 0 unspecified atom stereocenters. The summed E-state index contributed by atoms with van der Waals surface area (Å²) in [5, 5.41) is 13.4. The summed E-state index contributed by atoms with van der Waals surface area (Å²) >= 11 is 1.71. The molecule has 2 rings (SSSR count). The molecule has 0 fully saturated rings. The Hall–Kier alpha value is -1.72. The predicted molar refractivity (Wildman–Crippen MR) is 84.9 cm³/mol. The zero-order valence-corrected chi connectivity index (χ0v) is 13.5. The van der Waals surface area contributed by atoms with E-state index in [0.717, 1.165) is 16.3 Å². The Morgan fingerprint density at radius 2 is 1.90 bits per heavy atom. The quantitative estimate of drug-likeness (QED) is 0.887. The molecule has 2 aromatic rings. The Morgan fingerprint density at radius 1 is 1.29 bits per heavy atom. The first kappa shape index (κ1) is 15.7. The van der Waals surface area contributed by atoms with E-state index in [4.69, 9.17) is 5.11 Å². The predicted octanol–water partition coefficient (Wildman–Crippen LogP) is 3.48. The van der Waals surface area contributed by atoms with Gasteiger partial charge in [-0.05, 0) is 45.4 Å². The first-order valence-electron chi connectivity index (χ1n) is 6.81. The number of aryl methyl sites for hydroxylation is 2. The lowest BCUT2D eigenvalue weighted by Gasteiger charge is -2.24. The van der Waals surface area contributed by atoms with Gasteiger partial charge in [-0.2, -0.15) is 0 Å². The number of nitrogens with one attached hydrogen (secondary N) is 1. The monoisotopic (exact) mass is 304 g/mol. The molecule has 2 N–H and O–H groups in total. The lowest BCUT2D eigenvalue weighted by Crippen LogP contribution is -2.35. The third-order valence-electron chi connectivity index (χ3n) is 3.50. The Balaban J connectivity index is 2.05. The summed E-state index contributed by atoms with van der Waals surface area (Å²) in [5.74, 6) is -0.899. The Bertz CT molecular complexity index is 625. The number of carboxylic acid groups (broad SMARTS) is 1. The van der Waals surface area contributed by atoms with Gasteiger partial charge in [-0.3, -0.25) is 0 Å². The summed E-state index contributed by atoms with van der Waals surface area (Å²) in [6, 6.07) is 6.93. The fourth-order valence-electron chi connectivity index (χ4n) is 1.90. The summed E-state index contributed by atoms with van der Waals surface area (Å²) in [4.78, 5) is 16.7. The molecule has 0 amide bonds. The van der Waals surface area contributed by atoms with Crippen LogP contribution < -0.4 is 5.32 Å². The molecule has 1 aromatic heterocycles. The van der Waals surface area contributed by atoms with Crippen LogP contribution in [0.15, 0.2) is 24.3 Å². The summed E-state index contributed by atoms with van der Waals surface area (Å²) < 4.78 is 0. The molecule has 4 nitrogen and oxygen atoms in total. The van der Waals surface area contributed by atoms with E-state index < -0.39 is 5.97 Å². The van der Waals surface area contributed by atoms with Crippen molar-refractivity contribution in [2.24, 2.45) is 0 Å². The second-order valence-corrected chi connectivity index (χ2v) is 6.84. The number of hydrogen-bond donors (Lipinski definition) is 2. The van der Waals surface area contributed by atoms with Gasteiger partial charge in [0.1, 0.15) is 5.01 Å². The molecule has 0 spiro atoms. The molecule has 0 aliphatic rings. The molecule has 0 aliphatic heterocycles. The fraction of sp³-hybridized carbons (Fsp3) is 0.375. The number of nitrogens with zero attached hydrogens (tertiary/aromatic N) is 1. The molecule has 1 aromatic carbocycles. The molecule has 5 heteroatoms. The van der Waals surface area contributed by atoms with Gasteiger partial charge >= 0.3 is 5.97 Å². The Morgan fingerprint density at radius 3 is 2.38 bits per heavy atom. The second kappa shape index (κ2) is 5.95. The third kappa shape index (κ3) is 3.68. The van der Waals surface area contributed by atoms with Crippen LogP contribution in [0.5, 0.6) is 0 Å². The normalized spacial score (nSPS) is 11.6. The van der Waals surface area contributed by atoms with Crippen molar-refractivity contribution in [1.82, 2.24) is 10.3 Å². The van der Waals surface area contributed by atoms with Crippen LogP contribution >= 0.6 is 11.3 Å². The van der Waals surface area contributed by atoms with Crippen LogP contribution in [0.4, 0.5) is 0 Å². The molecule has 0 atom stereocenters. The molecule has 0 saturated heterocycles. The summed E-state index contributed by atoms with van der Waals surface area (Å²) in [6.07, 6.45) is 0. The van der Waals surface area contributed by atoms with Crippen LogP contribution in [0.2, 0.25) is 0 Å². The molecule has 112 valence electrons. The molecular formula is C16H20N2O2S. The number of carboxylic acids is 1. The van der Waals surface area contributed by atoms with E-state index >= 15 is 0 Å². The molecule has 0 aliphatic carbocycles. The van der Waals surface area contributed by atoms with Crippen LogP contribution in [0, 0.1) is 13.8 Å². The number of carbonyl (C=O) groups is 1. The molecule has 0 radical (unpaired) electrons. The van der Waals surface area contributed by atoms with Gasteiger partial charge in [0.2, 0.25) is 0 Å². The molecule has 21 heavy (non-hydrogen) atoms. The first-order valence-corrected chi connectivity index (χ1v) is 7.63. The van der Waals surface area contributed by atoms with E-state index in [1.165, 1.54) is 4.88 Å². The number of hydrogen-bond acceptors (Lipinski definition) is 4. The van der Waals surface area contributed by atoms with Crippen molar-refractivity contribution in [3.63, 3.8) is 0 Å². The van der Waals surface area contributed by atoms with E-state index in [1.54, 1.807) is 23.5 Å². The number of thiazole rings is 1. The number of benzene rings is 1. The van der Waals surface area contributed by atoms with Gasteiger partial charge in [0.15, 0.2) is 0 Å². The molecular weight excluding hydrogens is 284 g/mol. The van der Waals surface area contributed by atoms with Gasteiger partial charge in [0.25, 0.3) is 0 Å². The number of aromatic carboxylic acids is 1. The maximum absolute atomic E-state index is 10.8. The second-order valence-electron chi connectivity index (χ2n) is 5.64. The average Bonchev–Trinajstić information content (AvgIpc) is 2.78. The highest BCUT2D eigenvalue weighted by atomic mass is 32.1.